The van der Waals surface area contributed by atoms with Gasteiger partial charge in [-0.15, -0.1) is 11.3 Å². The zero-order valence-electron chi connectivity index (χ0n) is 18.5. The third-order valence-electron chi connectivity index (χ3n) is 5.90. The zero-order valence-corrected chi connectivity index (χ0v) is 19.3. The summed E-state index contributed by atoms with van der Waals surface area (Å²) in [6, 6.07) is 21.6. The summed E-state index contributed by atoms with van der Waals surface area (Å²) in [7, 11) is 0. The first kappa shape index (κ1) is 21.2. The molecule has 7 heteroatoms. The fraction of sp³-hybridized carbons (Fsp3) is 0.192. The van der Waals surface area contributed by atoms with Gasteiger partial charge < -0.3 is 9.84 Å². The zero-order chi connectivity index (χ0) is 22.8. The Balaban J connectivity index is 1.56. The summed E-state index contributed by atoms with van der Waals surface area (Å²) in [5.74, 6) is 0.960. The van der Waals surface area contributed by atoms with Gasteiger partial charge in [0.1, 0.15) is 0 Å². The first-order valence-corrected chi connectivity index (χ1v) is 11.8. The van der Waals surface area contributed by atoms with E-state index in [1.165, 1.54) is 5.56 Å². The fourth-order valence-corrected chi connectivity index (χ4v) is 4.70. The van der Waals surface area contributed by atoms with Crippen molar-refractivity contribution in [1.82, 2.24) is 20.4 Å². The Morgan fingerprint density at radius 2 is 1.79 bits per heavy atom. The normalized spacial score (nSPS) is 16.2. The van der Waals surface area contributed by atoms with E-state index >= 15 is 0 Å². The van der Waals surface area contributed by atoms with Crippen molar-refractivity contribution in [3.63, 3.8) is 0 Å². The molecule has 0 saturated carbocycles. The smallest absolute Gasteiger partial charge is 0.322 e. The van der Waals surface area contributed by atoms with Gasteiger partial charge in [-0.1, -0.05) is 72.7 Å². The standard InChI is InChI=1S/C26H24N4O2S/c1-3-18-11-13-19(14-12-18)16-30-17(2)22(23(27-26(30)31)20-8-5-4-6-9-20)25-28-24(29-32-25)21-10-7-15-33-21/h4-15,23H,3,16H2,1-2H3,(H,27,31). The van der Waals surface area contributed by atoms with Gasteiger partial charge in [-0.2, -0.15) is 4.98 Å². The molecule has 1 N–H and O–H groups in total. The molecular weight excluding hydrogens is 432 g/mol. The summed E-state index contributed by atoms with van der Waals surface area (Å²) in [4.78, 5) is 20.6. The Morgan fingerprint density at radius 3 is 2.48 bits per heavy atom. The molecular formula is C26H24N4O2S. The van der Waals surface area contributed by atoms with Gasteiger partial charge in [-0.3, -0.25) is 4.90 Å². The number of carbonyl (C=O) groups is 1. The third-order valence-corrected chi connectivity index (χ3v) is 6.76. The molecule has 0 saturated heterocycles. The van der Waals surface area contributed by atoms with Gasteiger partial charge in [0.05, 0.1) is 23.0 Å². The van der Waals surface area contributed by atoms with E-state index in [4.69, 9.17) is 4.52 Å². The van der Waals surface area contributed by atoms with E-state index in [1.54, 1.807) is 16.2 Å². The highest BCUT2D eigenvalue weighted by Crippen LogP contribution is 2.38. The molecule has 0 aliphatic carbocycles. The quantitative estimate of drug-likeness (QED) is 0.383. The van der Waals surface area contributed by atoms with Crippen LogP contribution in [0.25, 0.3) is 16.3 Å². The van der Waals surface area contributed by atoms with Crippen LogP contribution in [0.5, 0.6) is 0 Å². The molecule has 0 radical (unpaired) electrons. The number of urea groups is 1. The highest BCUT2D eigenvalue weighted by molar-refractivity contribution is 7.13. The van der Waals surface area contributed by atoms with Crippen molar-refractivity contribution in [3.8, 4) is 10.7 Å². The maximum absolute atomic E-state index is 13.2. The number of aryl methyl sites for hydroxylation is 1. The van der Waals surface area contributed by atoms with Crippen LogP contribution in [0, 0.1) is 0 Å². The maximum Gasteiger partial charge on any atom is 0.322 e. The Kier molecular flexibility index (Phi) is 5.79. The summed E-state index contributed by atoms with van der Waals surface area (Å²) in [5, 5.41) is 9.34. The maximum atomic E-state index is 13.2. The SMILES string of the molecule is CCc1ccc(CN2C(=O)NC(c3ccccc3)C(c3nc(-c4cccs4)no3)=C2C)cc1. The van der Waals surface area contributed by atoms with Crippen LogP contribution in [-0.4, -0.2) is 21.1 Å². The van der Waals surface area contributed by atoms with E-state index in [-0.39, 0.29) is 12.1 Å². The van der Waals surface area contributed by atoms with Gasteiger partial charge in [0.15, 0.2) is 0 Å². The highest BCUT2D eigenvalue weighted by atomic mass is 32.1. The fourth-order valence-electron chi connectivity index (χ4n) is 4.05. The molecule has 1 unspecified atom stereocenters. The van der Waals surface area contributed by atoms with Crippen molar-refractivity contribution in [3.05, 3.63) is 100 Å². The van der Waals surface area contributed by atoms with Crippen LogP contribution >= 0.6 is 11.3 Å². The Hall–Kier alpha value is -3.71. The summed E-state index contributed by atoms with van der Waals surface area (Å²) in [5.41, 5.74) is 4.90. The van der Waals surface area contributed by atoms with E-state index in [0.717, 1.165) is 33.7 Å². The van der Waals surface area contributed by atoms with Crippen LogP contribution in [0.4, 0.5) is 4.79 Å². The van der Waals surface area contributed by atoms with Crippen molar-refractivity contribution >= 4 is 22.9 Å². The average Bonchev–Trinajstić information content (AvgIpc) is 3.55. The molecule has 3 heterocycles. The number of nitrogens with zero attached hydrogens (tertiary/aromatic N) is 3. The number of nitrogens with one attached hydrogen (secondary N) is 1. The molecule has 2 aromatic carbocycles. The van der Waals surface area contributed by atoms with Crippen LogP contribution in [0.1, 0.15) is 42.5 Å². The molecule has 166 valence electrons. The number of hydrogen-bond acceptors (Lipinski definition) is 5. The van der Waals surface area contributed by atoms with Crippen LogP contribution < -0.4 is 5.32 Å². The van der Waals surface area contributed by atoms with Gasteiger partial charge >= 0.3 is 6.03 Å². The number of benzene rings is 2. The summed E-state index contributed by atoms with van der Waals surface area (Å²) < 4.78 is 5.72. The number of allylic oxidation sites excluding steroid dienone is 1. The van der Waals surface area contributed by atoms with Crippen LogP contribution in [0.2, 0.25) is 0 Å². The number of carbonyl (C=O) groups excluding carboxylic acids is 1. The van der Waals surface area contributed by atoms with Gasteiger partial charge in [0.25, 0.3) is 5.89 Å². The van der Waals surface area contributed by atoms with Crippen molar-refractivity contribution < 1.29 is 9.32 Å². The topological polar surface area (TPSA) is 71.3 Å². The lowest BCUT2D eigenvalue weighted by Crippen LogP contribution is -2.45. The largest absolute Gasteiger partial charge is 0.334 e. The second-order valence-electron chi connectivity index (χ2n) is 7.95. The summed E-state index contributed by atoms with van der Waals surface area (Å²) >= 11 is 1.56. The molecule has 6 nitrogen and oxygen atoms in total. The molecule has 0 fully saturated rings. The lowest BCUT2D eigenvalue weighted by atomic mass is 9.94. The van der Waals surface area contributed by atoms with Crippen molar-refractivity contribution in [2.75, 3.05) is 0 Å². The predicted molar refractivity (Wildman–Crippen MR) is 129 cm³/mol. The molecule has 0 spiro atoms. The van der Waals surface area contributed by atoms with Crippen molar-refractivity contribution in [2.45, 2.75) is 32.9 Å². The lowest BCUT2D eigenvalue weighted by Gasteiger charge is -2.35. The molecule has 4 aromatic rings. The number of amides is 2. The van der Waals surface area contributed by atoms with Gasteiger partial charge in [0, 0.05) is 5.70 Å². The van der Waals surface area contributed by atoms with Crippen LogP contribution in [-0.2, 0) is 13.0 Å². The molecule has 1 aliphatic heterocycles. The molecule has 5 rings (SSSR count). The first-order valence-electron chi connectivity index (χ1n) is 10.9. The minimum Gasteiger partial charge on any atom is -0.334 e. The minimum atomic E-state index is -0.381. The van der Waals surface area contributed by atoms with E-state index in [0.29, 0.717) is 18.3 Å². The van der Waals surface area contributed by atoms with Crippen LogP contribution in [0.15, 0.2) is 82.3 Å². The summed E-state index contributed by atoms with van der Waals surface area (Å²) in [6.07, 6.45) is 0.982. The van der Waals surface area contributed by atoms with E-state index < -0.39 is 0 Å². The van der Waals surface area contributed by atoms with Gasteiger partial charge in [-0.05, 0) is 41.5 Å². The van der Waals surface area contributed by atoms with E-state index in [1.807, 2.05) is 54.8 Å². The second-order valence-corrected chi connectivity index (χ2v) is 8.90. The number of rotatable bonds is 6. The third kappa shape index (κ3) is 4.19. The Bertz CT molecular complexity index is 1280. The predicted octanol–water partition coefficient (Wildman–Crippen LogP) is 6.06. The van der Waals surface area contributed by atoms with Crippen molar-refractivity contribution in [2.24, 2.45) is 0 Å². The minimum absolute atomic E-state index is 0.150. The number of hydrogen-bond donors (Lipinski definition) is 1. The van der Waals surface area contributed by atoms with E-state index in [9.17, 15) is 4.79 Å². The molecule has 1 atom stereocenters. The summed E-state index contributed by atoms with van der Waals surface area (Å²) in [6.45, 7) is 4.53. The lowest BCUT2D eigenvalue weighted by molar-refractivity contribution is 0.203. The Morgan fingerprint density at radius 1 is 1.03 bits per heavy atom. The molecule has 2 aromatic heterocycles. The average molecular weight is 457 g/mol. The van der Waals surface area contributed by atoms with E-state index in [2.05, 4.69) is 46.6 Å². The highest BCUT2D eigenvalue weighted by Gasteiger charge is 2.35. The number of aromatic nitrogens is 2. The van der Waals surface area contributed by atoms with Gasteiger partial charge in [-0.25, -0.2) is 4.79 Å². The molecule has 33 heavy (non-hydrogen) atoms. The molecule has 1 aliphatic rings. The molecule has 0 bridgehead atoms. The Labute approximate surface area is 196 Å². The number of thiophene rings is 1. The van der Waals surface area contributed by atoms with Crippen LogP contribution in [0.3, 0.4) is 0 Å². The second kappa shape index (κ2) is 9.03. The molecule has 2 amide bonds. The van der Waals surface area contributed by atoms with Crippen molar-refractivity contribution in [1.29, 1.82) is 0 Å². The monoisotopic (exact) mass is 456 g/mol. The van der Waals surface area contributed by atoms with Gasteiger partial charge in [0.2, 0.25) is 5.82 Å². The first-order chi connectivity index (χ1) is 16.1.